The highest BCUT2D eigenvalue weighted by atomic mass is 79.9. The summed E-state index contributed by atoms with van der Waals surface area (Å²) in [4.78, 5) is 0. The normalized spacial score (nSPS) is 12.3. The van der Waals surface area contributed by atoms with Crippen molar-refractivity contribution in [3.63, 3.8) is 0 Å². The molecule has 1 aromatic heterocycles. The first-order valence-electron chi connectivity index (χ1n) is 6.91. The minimum atomic E-state index is 0.132. The maximum Gasteiger partial charge on any atom is 0.172 e. The second kappa shape index (κ2) is 7.52. The Morgan fingerprint density at radius 2 is 2.24 bits per heavy atom. The summed E-state index contributed by atoms with van der Waals surface area (Å²) in [5.74, 6) is 1.62. The van der Waals surface area contributed by atoms with Gasteiger partial charge in [0.05, 0.1) is 17.8 Å². The molecule has 0 bridgehead atoms. The number of hydrogen-bond donors (Lipinski definition) is 2. The predicted molar refractivity (Wildman–Crippen MR) is 85.7 cm³/mol. The number of halogens is 1. The first-order chi connectivity index (χ1) is 10.1. The minimum absolute atomic E-state index is 0.132. The van der Waals surface area contributed by atoms with Gasteiger partial charge in [-0.3, -0.25) is 0 Å². The van der Waals surface area contributed by atoms with Gasteiger partial charge in [0.1, 0.15) is 5.76 Å². The van der Waals surface area contributed by atoms with Crippen LogP contribution in [0.1, 0.15) is 24.7 Å². The van der Waals surface area contributed by atoms with Gasteiger partial charge in [-0.1, -0.05) is 0 Å². The second-order valence-electron chi connectivity index (χ2n) is 5.03. The van der Waals surface area contributed by atoms with Crippen LogP contribution in [0.25, 0.3) is 0 Å². The molecule has 0 fully saturated rings. The maximum atomic E-state index is 9.79. The SMILES string of the molecule is COc1cc(CNC(C)CCc2ccco2)cc(Br)c1O. The van der Waals surface area contributed by atoms with E-state index in [1.54, 1.807) is 13.4 Å². The lowest BCUT2D eigenvalue weighted by Crippen LogP contribution is -2.25. The molecule has 4 nitrogen and oxygen atoms in total. The van der Waals surface area contributed by atoms with Crippen LogP contribution in [0.2, 0.25) is 0 Å². The van der Waals surface area contributed by atoms with Crippen LogP contribution in [-0.2, 0) is 13.0 Å². The molecule has 5 heteroatoms. The highest BCUT2D eigenvalue weighted by molar-refractivity contribution is 9.10. The summed E-state index contributed by atoms with van der Waals surface area (Å²) in [7, 11) is 1.55. The number of methoxy groups -OCH3 is 1. The van der Waals surface area contributed by atoms with E-state index in [1.807, 2.05) is 24.3 Å². The topological polar surface area (TPSA) is 54.6 Å². The van der Waals surface area contributed by atoms with E-state index in [0.29, 0.717) is 22.8 Å². The Bertz CT molecular complexity index is 569. The molecule has 0 saturated heterocycles. The third kappa shape index (κ3) is 4.51. The number of ether oxygens (including phenoxy) is 1. The van der Waals surface area contributed by atoms with Crippen LogP contribution in [0.5, 0.6) is 11.5 Å². The van der Waals surface area contributed by atoms with Crippen molar-refractivity contribution in [3.05, 3.63) is 46.3 Å². The Balaban J connectivity index is 1.86. The smallest absolute Gasteiger partial charge is 0.172 e. The highest BCUT2D eigenvalue weighted by Gasteiger charge is 2.09. The molecule has 1 unspecified atom stereocenters. The van der Waals surface area contributed by atoms with E-state index in [2.05, 4.69) is 28.2 Å². The van der Waals surface area contributed by atoms with E-state index in [9.17, 15) is 5.11 Å². The zero-order valence-electron chi connectivity index (χ0n) is 12.2. The van der Waals surface area contributed by atoms with Gasteiger partial charge in [-0.25, -0.2) is 0 Å². The summed E-state index contributed by atoms with van der Waals surface area (Å²) in [6.45, 7) is 2.87. The average Bonchev–Trinajstić information content (AvgIpc) is 2.99. The van der Waals surface area contributed by atoms with Gasteiger partial charge in [-0.15, -0.1) is 0 Å². The molecule has 2 aromatic rings. The quantitative estimate of drug-likeness (QED) is 0.793. The van der Waals surface area contributed by atoms with Crippen molar-refractivity contribution in [1.29, 1.82) is 0 Å². The zero-order chi connectivity index (χ0) is 15.2. The summed E-state index contributed by atoms with van der Waals surface area (Å²) in [5, 5.41) is 13.2. The van der Waals surface area contributed by atoms with Crippen molar-refractivity contribution < 1.29 is 14.3 Å². The second-order valence-corrected chi connectivity index (χ2v) is 5.88. The summed E-state index contributed by atoms with van der Waals surface area (Å²) < 4.78 is 11.1. The lowest BCUT2D eigenvalue weighted by molar-refractivity contribution is 0.371. The fourth-order valence-corrected chi connectivity index (χ4v) is 2.58. The van der Waals surface area contributed by atoms with Crippen LogP contribution < -0.4 is 10.1 Å². The van der Waals surface area contributed by atoms with Crippen molar-refractivity contribution in [2.45, 2.75) is 32.4 Å². The van der Waals surface area contributed by atoms with Crippen LogP contribution in [0, 0.1) is 0 Å². The molecule has 0 aliphatic rings. The molecule has 0 radical (unpaired) electrons. The summed E-state index contributed by atoms with van der Waals surface area (Å²) in [6.07, 6.45) is 3.63. The number of hydrogen-bond acceptors (Lipinski definition) is 4. The first kappa shape index (κ1) is 15.9. The molecular formula is C16H20BrNO3. The average molecular weight is 354 g/mol. The molecule has 2 rings (SSSR count). The van der Waals surface area contributed by atoms with E-state index in [4.69, 9.17) is 9.15 Å². The van der Waals surface area contributed by atoms with Crippen LogP contribution in [-0.4, -0.2) is 18.3 Å². The lowest BCUT2D eigenvalue weighted by atomic mass is 10.1. The predicted octanol–water partition coefficient (Wildman–Crippen LogP) is 3.87. The van der Waals surface area contributed by atoms with Gasteiger partial charge < -0.3 is 19.6 Å². The molecule has 1 heterocycles. The highest BCUT2D eigenvalue weighted by Crippen LogP contribution is 2.35. The first-order valence-corrected chi connectivity index (χ1v) is 7.70. The Kier molecular flexibility index (Phi) is 5.70. The third-order valence-corrected chi connectivity index (χ3v) is 3.97. The molecule has 1 atom stereocenters. The Labute approximate surface area is 133 Å². The molecule has 0 aliphatic heterocycles. The van der Waals surface area contributed by atoms with E-state index >= 15 is 0 Å². The van der Waals surface area contributed by atoms with Gasteiger partial charge >= 0.3 is 0 Å². The minimum Gasteiger partial charge on any atom is -0.503 e. The van der Waals surface area contributed by atoms with Crippen molar-refractivity contribution >= 4 is 15.9 Å². The zero-order valence-corrected chi connectivity index (χ0v) is 13.8. The molecule has 0 spiro atoms. The van der Waals surface area contributed by atoms with Gasteiger partial charge in [0, 0.05) is 19.0 Å². The van der Waals surface area contributed by atoms with Crippen molar-refractivity contribution in [1.82, 2.24) is 5.32 Å². The van der Waals surface area contributed by atoms with Gasteiger partial charge in [0.15, 0.2) is 11.5 Å². The molecule has 0 saturated carbocycles. The molecule has 0 aliphatic carbocycles. The number of aromatic hydroxyl groups is 1. The van der Waals surface area contributed by atoms with Crippen LogP contribution in [0.3, 0.4) is 0 Å². The van der Waals surface area contributed by atoms with Crippen LogP contribution in [0.15, 0.2) is 39.4 Å². The summed E-state index contributed by atoms with van der Waals surface area (Å²) >= 11 is 3.33. The Hall–Kier alpha value is -1.46. The fourth-order valence-electron chi connectivity index (χ4n) is 2.09. The van der Waals surface area contributed by atoms with Crippen molar-refractivity contribution in [2.24, 2.45) is 0 Å². The number of phenolic OH excluding ortho intramolecular Hbond substituents is 1. The number of furan rings is 1. The van der Waals surface area contributed by atoms with E-state index in [0.717, 1.165) is 24.2 Å². The van der Waals surface area contributed by atoms with Gasteiger partial charge in [0.2, 0.25) is 0 Å². The number of benzene rings is 1. The van der Waals surface area contributed by atoms with Gasteiger partial charge in [-0.2, -0.15) is 0 Å². The van der Waals surface area contributed by atoms with Crippen LogP contribution in [0.4, 0.5) is 0 Å². The van der Waals surface area contributed by atoms with Crippen LogP contribution >= 0.6 is 15.9 Å². The van der Waals surface area contributed by atoms with Gasteiger partial charge in [-0.05, 0) is 59.1 Å². The largest absolute Gasteiger partial charge is 0.503 e. The maximum absolute atomic E-state index is 9.79. The van der Waals surface area contributed by atoms with E-state index in [1.165, 1.54) is 0 Å². The van der Waals surface area contributed by atoms with Crippen molar-refractivity contribution in [3.8, 4) is 11.5 Å². The molecule has 114 valence electrons. The van der Waals surface area contributed by atoms with E-state index in [-0.39, 0.29) is 5.75 Å². The molecular weight excluding hydrogens is 334 g/mol. The standard InChI is InChI=1S/C16H20BrNO3/c1-11(5-6-13-4-3-7-21-13)18-10-12-8-14(17)16(19)15(9-12)20-2/h3-4,7-9,11,18-19H,5-6,10H2,1-2H3. The lowest BCUT2D eigenvalue weighted by Gasteiger charge is -2.14. The van der Waals surface area contributed by atoms with E-state index < -0.39 is 0 Å². The molecule has 1 aromatic carbocycles. The van der Waals surface area contributed by atoms with Gasteiger partial charge in [0.25, 0.3) is 0 Å². The summed E-state index contributed by atoms with van der Waals surface area (Å²) in [6, 6.07) is 8.01. The number of aryl methyl sites for hydroxylation is 1. The molecule has 0 amide bonds. The van der Waals surface area contributed by atoms with Crippen molar-refractivity contribution in [2.75, 3.05) is 7.11 Å². The number of nitrogens with one attached hydrogen (secondary N) is 1. The number of rotatable bonds is 7. The molecule has 2 N–H and O–H groups in total. The molecule has 21 heavy (non-hydrogen) atoms. The monoisotopic (exact) mass is 353 g/mol. The number of phenols is 1. The summed E-state index contributed by atoms with van der Waals surface area (Å²) in [5.41, 5.74) is 1.06. The Morgan fingerprint density at radius 3 is 2.90 bits per heavy atom. The Morgan fingerprint density at radius 1 is 1.43 bits per heavy atom. The third-order valence-electron chi connectivity index (χ3n) is 3.37. The fraction of sp³-hybridized carbons (Fsp3) is 0.375.